The normalized spacial score (nSPS) is 11.3. The van der Waals surface area contributed by atoms with Crippen LogP contribution in [0.5, 0.6) is 5.75 Å². The summed E-state index contributed by atoms with van der Waals surface area (Å²) in [6.07, 6.45) is 0. The van der Waals surface area contributed by atoms with E-state index in [0.29, 0.717) is 17.1 Å². The Hall–Kier alpha value is -2.80. The van der Waals surface area contributed by atoms with Crippen LogP contribution in [0.3, 0.4) is 0 Å². The number of benzene rings is 2. The second kappa shape index (κ2) is 6.60. The van der Waals surface area contributed by atoms with Crippen molar-refractivity contribution >= 4 is 15.7 Å². The number of ether oxygens (including phenoxy) is 1. The minimum atomic E-state index is -3.71. The number of rotatable bonds is 5. The SMILES string of the molecule is COc1ccc(S(=O)(=O)Nc2c(C)nn(-c3ccccc3)c2C)cc1. The standard InChI is InChI=1S/C18H19N3O3S/c1-13-18(14(2)21(19-13)15-7-5-4-6-8-15)20-25(22,23)17-11-9-16(24-3)10-12-17/h4-12,20H,1-3H3. The summed E-state index contributed by atoms with van der Waals surface area (Å²) < 4.78 is 34.8. The summed E-state index contributed by atoms with van der Waals surface area (Å²) in [7, 11) is -2.18. The molecule has 0 aliphatic carbocycles. The lowest BCUT2D eigenvalue weighted by molar-refractivity contribution is 0.414. The van der Waals surface area contributed by atoms with E-state index in [4.69, 9.17) is 4.74 Å². The van der Waals surface area contributed by atoms with Gasteiger partial charge in [0.05, 0.1) is 34.8 Å². The molecule has 0 fully saturated rings. The Kier molecular flexibility index (Phi) is 4.50. The van der Waals surface area contributed by atoms with E-state index in [1.807, 2.05) is 37.3 Å². The zero-order valence-electron chi connectivity index (χ0n) is 14.2. The average Bonchev–Trinajstić information content (AvgIpc) is 2.90. The molecular formula is C18H19N3O3S. The molecule has 0 aliphatic heterocycles. The summed E-state index contributed by atoms with van der Waals surface area (Å²) in [6.45, 7) is 3.61. The first-order valence-corrected chi connectivity index (χ1v) is 9.19. The third-order valence-corrected chi connectivity index (χ3v) is 5.26. The van der Waals surface area contributed by atoms with Crippen molar-refractivity contribution in [1.82, 2.24) is 9.78 Å². The Morgan fingerprint density at radius 3 is 2.24 bits per heavy atom. The first-order valence-electron chi connectivity index (χ1n) is 7.71. The molecule has 0 spiro atoms. The Balaban J connectivity index is 1.96. The molecular weight excluding hydrogens is 338 g/mol. The highest BCUT2D eigenvalue weighted by molar-refractivity contribution is 7.92. The van der Waals surface area contributed by atoms with Crippen LogP contribution in [-0.2, 0) is 10.0 Å². The number of para-hydroxylation sites is 1. The van der Waals surface area contributed by atoms with E-state index in [0.717, 1.165) is 11.4 Å². The van der Waals surface area contributed by atoms with Crippen molar-refractivity contribution in [3.05, 3.63) is 66.0 Å². The van der Waals surface area contributed by atoms with Crippen LogP contribution < -0.4 is 9.46 Å². The van der Waals surface area contributed by atoms with Crippen LogP contribution >= 0.6 is 0 Å². The Bertz CT molecular complexity index is 978. The maximum atomic E-state index is 12.7. The van der Waals surface area contributed by atoms with Crippen LogP contribution in [0.25, 0.3) is 5.69 Å². The summed E-state index contributed by atoms with van der Waals surface area (Å²) in [5.41, 5.74) is 2.69. The van der Waals surface area contributed by atoms with Crippen molar-refractivity contribution in [2.45, 2.75) is 18.7 Å². The number of hydrogen-bond donors (Lipinski definition) is 1. The van der Waals surface area contributed by atoms with Crippen molar-refractivity contribution in [3.8, 4) is 11.4 Å². The van der Waals surface area contributed by atoms with Gasteiger partial charge < -0.3 is 4.74 Å². The average molecular weight is 357 g/mol. The number of anilines is 1. The van der Waals surface area contributed by atoms with Crippen molar-refractivity contribution in [1.29, 1.82) is 0 Å². The molecule has 130 valence electrons. The minimum Gasteiger partial charge on any atom is -0.497 e. The summed E-state index contributed by atoms with van der Waals surface area (Å²) in [5, 5.41) is 4.46. The van der Waals surface area contributed by atoms with Gasteiger partial charge in [0.1, 0.15) is 5.75 Å². The van der Waals surface area contributed by atoms with E-state index < -0.39 is 10.0 Å². The van der Waals surface area contributed by atoms with Gasteiger partial charge in [-0.2, -0.15) is 5.10 Å². The highest BCUT2D eigenvalue weighted by Crippen LogP contribution is 2.26. The molecule has 6 nitrogen and oxygen atoms in total. The van der Waals surface area contributed by atoms with Crippen molar-refractivity contribution in [3.63, 3.8) is 0 Å². The van der Waals surface area contributed by atoms with Crippen LogP contribution in [-0.4, -0.2) is 25.3 Å². The lowest BCUT2D eigenvalue weighted by Gasteiger charge is -2.10. The summed E-state index contributed by atoms with van der Waals surface area (Å²) in [4.78, 5) is 0.166. The van der Waals surface area contributed by atoms with Gasteiger partial charge in [0, 0.05) is 0 Å². The van der Waals surface area contributed by atoms with Crippen LogP contribution in [0.15, 0.2) is 59.5 Å². The fourth-order valence-electron chi connectivity index (χ4n) is 2.56. The quantitative estimate of drug-likeness (QED) is 0.760. The number of hydrogen-bond acceptors (Lipinski definition) is 4. The van der Waals surface area contributed by atoms with Crippen LogP contribution in [0.2, 0.25) is 0 Å². The third kappa shape index (κ3) is 3.36. The molecule has 0 unspecified atom stereocenters. The van der Waals surface area contributed by atoms with Crippen molar-refractivity contribution in [2.24, 2.45) is 0 Å². The van der Waals surface area contributed by atoms with Crippen LogP contribution in [0.1, 0.15) is 11.4 Å². The minimum absolute atomic E-state index is 0.166. The Morgan fingerprint density at radius 1 is 1.00 bits per heavy atom. The maximum absolute atomic E-state index is 12.7. The van der Waals surface area contributed by atoms with E-state index in [-0.39, 0.29) is 4.90 Å². The Labute approximate surface area is 147 Å². The van der Waals surface area contributed by atoms with E-state index in [1.165, 1.54) is 19.2 Å². The fourth-order valence-corrected chi connectivity index (χ4v) is 3.74. The second-order valence-electron chi connectivity index (χ2n) is 5.57. The van der Waals surface area contributed by atoms with Gasteiger partial charge in [0.25, 0.3) is 10.0 Å². The molecule has 3 rings (SSSR count). The molecule has 0 radical (unpaired) electrons. The van der Waals surface area contributed by atoms with E-state index in [9.17, 15) is 8.42 Å². The number of aryl methyl sites for hydroxylation is 1. The predicted molar refractivity (Wildman–Crippen MR) is 96.8 cm³/mol. The lowest BCUT2D eigenvalue weighted by atomic mass is 10.3. The molecule has 25 heavy (non-hydrogen) atoms. The first-order chi connectivity index (χ1) is 11.9. The molecule has 0 saturated carbocycles. The van der Waals surface area contributed by atoms with E-state index in [1.54, 1.807) is 23.7 Å². The molecule has 7 heteroatoms. The Morgan fingerprint density at radius 2 is 1.64 bits per heavy atom. The van der Waals surface area contributed by atoms with Crippen molar-refractivity contribution in [2.75, 3.05) is 11.8 Å². The second-order valence-corrected chi connectivity index (χ2v) is 7.26. The van der Waals surface area contributed by atoms with Gasteiger partial charge in [-0.1, -0.05) is 18.2 Å². The van der Waals surface area contributed by atoms with Gasteiger partial charge in [-0.15, -0.1) is 0 Å². The molecule has 0 aliphatic rings. The lowest BCUT2D eigenvalue weighted by Crippen LogP contribution is -2.14. The number of methoxy groups -OCH3 is 1. The van der Waals surface area contributed by atoms with Crippen molar-refractivity contribution < 1.29 is 13.2 Å². The zero-order valence-corrected chi connectivity index (χ0v) is 15.0. The molecule has 1 heterocycles. The van der Waals surface area contributed by atoms with Gasteiger partial charge in [-0.25, -0.2) is 13.1 Å². The molecule has 3 aromatic rings. The topological polar surface area (TPSA) is 73.2 Å². The molecule has 1 aromatic heterocycles. The number of sulfonamides is 1. The molecule has 0 saturated heterocycles. The molecule has 0 bridgehead atoms. The van der Waals surface area contributed by atoms with Gasteiger partial charge >= 0.3 is 0 Å². The fraction of sp³-hybridized carbons (Fsp3) is 0.167. The van der Waals surface area contributed by atoms with Gasteiger partial charge in [0.15, 0.2) is 0 Å². The monoisotopic (exact) mass is 357 g/mol. The summed E-state index contributed by atoms with van der Waals surface area (Å²) in [5.74, 6) is 0.600. The molecule has 0 amide bonds. The smallest absolute Gasteiger partial charge is 0.262 e. The number of nitrogens with zero attached hydrogens (tertiary/aromatic N) is 2. The third-order valence-electron chi connectivity index (χ3n) is 3.90. The summed E-state index contributed by atoms with van der Waals surface area (Å²) >= 11 is 0. The number of nitrogens with one attached hydrogen (secondary N) is 1. The van der Waals surface area contributed by atoms with Gasteiger partial charge in [0.2, 0.25) is 0 Å². The van der Waals surface area contributed by atoms with E-state index in [2.05, 4.69) is 9.82 Å². The molecule has 1 N–H and O–H groups in total. The maximum Gasteiger partial charge on any atom is 0.262 e. The molecule has 2 aromatic carbocycles. The highest BCUT2D eigenvalue weighted by atomic mass is 32.2. The van der Waals surface area contributed by atoms with E-state index >= 15 is 0 Å². The highest BCUT2D eigenvalue weighted by Gasteiger charge is 2.20. The first kappa shape index (κ1) is 17.0. The molecule has 0 atom stereocenters. The predicted octanol–water partition coefficient (Wildman–Crippen LogP) is 3.30. The van der Waals surface area contributed by atoms with Crippen LogP contribution in [0, 0.1) is 13.8 Å². The van der Waals surface area contributed by atoms with Gasteiger partial charge in [-0.3, -0.25) is 4.72 Å². The summed E-state index contributed by atoms with van der Waals surface area (Å²) in [6, 6.07) is 15.8. The van der Waals surface area contributed by atoms with Gasteiger partial charge in [-0.05, 0) is 50.2 Å². The van der Waals surface area contributed by atoms with Crippen LogP contribution in [0.4, 0.5) is 5.69 Å². The zero-order chi connectivity index (χ0) is 18.0. The largest absolute Gasteiger partial charge is 0.497 e. The number of aromatic nitrogens is 2.